The van der Waals surface area contributed by atoms with Gasteiger partial charge in [0.25, 0.3) is 5.91 Å². The Bertz CT molecular complexity index is 727. The third-order valence-electron chi connectivity index (χ3n) is 5.08. The van der Waals surface area contributed by atoms with E-state index in [2.05, 4.69) is 9.97 Å². The zero-order valence-corrected chi connectivity index (χ0v) is 14.4. The van der Waals surface area contributed by atoms with Crippen LogP contribution in [0.4, 0.5) is 0 Å². The Balaban J connectivity index is 1.47. The van der Waals surface area contributed by atoms with E-state index in [1.165, 1.54) is 24.7 Å². The molecule has 1 saturated heterocycles. The highest BCUT2D eigenvalue weighted by Crippen LogP contribution is 2.34. The van der Waals surface area contributed by atoms with Crippen LogP contribution in [0.1, 0.15) is 40.7 Å². The van der Waals surface area contributed by atoms with Crippen LogP contribution >= 0.6 is 0 Å². The lowest BCUT2D eigenvalue weighted by atomic mass is 9.90. The second-order valence-corrected chi connectivity index (χ2v) is 7.09. The minimum atomic E-state index is -0.0689. The lowest BCUT2D eigenvalue weighted by molar-refractivity contribution is 0.0735. The maximum atomic E-state index is 12.7. The van der Waals surface area contributed by atoms with Gasteiger partial charge < -0.3 is 14.1 Å². The summed E-state index contributed by atoms with van der Waals surface area (Å²) < 4.78 is 11.1. The number of carbonyl (C=O) groups is 1. The predicted molar refractivity (Wildman–Crippen MR) is 91.2 cm³/mol. The van der Waals surface area contributed by atoms with Crippen molar-refractivity contribution in [3.8, 4) is 0 Å². The minimum absolute atomic E-state index is 0.0689. The van der Waals surface area contributed by atoms with E-state index in [1.54, 1.807) is 6.92 Å². The molecule has 0 spiro atoms. The number of oxazole rings is 1. The summed E-state index contributed by atoms with van der Waals surface area (Å²) in [6.07, 6.45) is 7.63. The molecule has 0 unspecified atom stereocenters. The average molecular weight is 341 g/mol. The van der Waals surface area contributed by atoms with Crippen LogP contribution in [0.3, 0.4) is 0 Å². The van der Waals surface area contributed by atoms with E-state index in [0.717, 1.165) is 12.5 Å². The number of aryl methyl sites for hydroxylation is 1. The number of amides is 1. The summed E-state index contributed by atoms with van der Waals surface area (Å²) in [4.78, 5) is 22.9. The van der Waals surface area contributed by atoms with Crippen molar-refractivity contribution in [2.75, 3.05) is 26.3 Å². The van der Waals surface area contributed by atoms with Crippen molar-refractivity contribution in [3.05, 3.63) is 47.9 Å². The molecule has 2 fully saturated rings. The van der Waals surface area contributed by atoms with Crippen LogP contribution in [0.25, 0.3) is 0 Å². The molecule has 0 radical (unpaired) electrons. The third kappa shape index (κ3) is 3.74. The zero-order chi connectivity index (χ0) is 17.2. The van der Waals surface area contributed by atoms with Crippen molar-refractivity contribution < 1.29 is 13.9 Å². The summed E-state index contributed by atoms with van der Waals surface area (Å²) >= 11 is 0. The molecular formula is C19H23N3O3. The van der Waals surface area contributed by atoms with Crippen LogP contribution in [0.5, 0.6) is 0 Å². The second kappa shape index (κ2) is 6.96. The Morgan fingerprint density at radius 2 is 2.08 bits per heavy atom. The number of carbonyl (C=O) groups excluding carboxylic acids is 1. The third-order valence-corrected chi connectivity index (χ3v) is 5.08. The lowest BCUT2D eigenvalue weighted by Gasteiger charge is -2.18. The fraction of sp³-hybridized carbons (Fsp3) is 0.526. The number of aromatic nitrogens is 2. The maximum absolute atomic E-state index is 12.7. The monoisotopic (exact) mass is 341 g/mol. The van der Waals surface area contributed by atoms with Crippen LogP contribution in [0.2, 0.25) is 0 Å². The predicted octanol–water partition coefficient (Wildman–Crippen LogP) is 2.66. The molecular weight excluding hydrogens is 318 g/mol. The molecule has 2 aliphatic rings. The van der Waals surface area contributed by atoms with Crippen molar-refractivity contribution >= 4 is 5.91 Å². The van der Waals surface area contributed by atoms with Crippen molar-refractivity contribution in [2.45, 2.75) is 25.7 Å². The fourth-order valence-electron chi connectivity index (χ4n) is 3.49. The van der Waals surface area contributed by atoms with E-state index in [1.807, 2.05) is 29.4 Å². The van der Waals surface area contributed by atoms with Crippen molar-refractivity contribution in [3.63, 3.8) is 0 Å². The molecule has 4 rings (SSSR count). The second-order valence-electron chi connectivity index (χ2n) is 7.09. The van der Waals surface area contributed by atoms with E-state index in [0.29, 0.717) is 31.3 Å². The minimum Gasteiger partial charge on any atom is -0.448 e. The summed E-state index contributed by atoms with van der Waals surface area (Å²) in [6.45, 7) is 4.63. The van der Waals surface area contributed by atoms with E-state index < -0.39 is 0 Å². The van der Waals surface area contributed by atoms with E-state index in [4.69, 9.17) is 9.15 Å². The quantitative estimate of drug-likeness (QED) is 0.808. The Morgan fingerprint density at radius 1 is 1.28 bits per heavy atom. The highest BCUT2D eigenvalue weighted by Gasteiger charge is 2.37. The number of rotatable bonds is 6. The van der Waals surface area contributed by atoms with Crippen molar-refractivity contribution in [2.24, 2.45) is 11.8 Å². The van der Waals surface area contributed by atoms with E-state index in [9.17, 15) is 4.79 Å². The molecule has 1 saturated carbocycles. The van der Waals surface area contributed by atoms with Gasteiger partial charge in [0, 0.05) is 50.8 Å². The first-order chi connectivity index (χ1) is 12.2. The topological polar surface area (TPSA) is 68.5 Å². The molecule has 0 aromatic carbocycles. The number of pyridine rings is 1. The molecule has 1 amide bonds. The summed E-state index contributed by atoms with van der Waals surface area (Å²) in [7, 11) is 0. The lowest BCUT2D eigenvalue weighted by Crippen LogP contribution is -2.29. The molecule has 0 N–H and O–H groups in total. The zero-order valence-electron chi connectivity index (χ0n) is 14.4. The van der Waals surface area contributed by atoms with Gasteiger partial charge in [0.1, 0.15) is 6.26 Å². The van der Waals surface area contributed by atoms with Gasteiger partial charge in [-0.15, -0.1) is 0 Å². The van der Waals surface area contributed by atoms with Crippen LogP contribution in [0, 0.1) is 18.8 Å². The van der Waals surface area contributed by atoms with Gasteiger partial charge >= 0.3 is 0 Å². The smallest absolute Gasteiger partial charge is 0.275 e. The van der Waals surface area contributed by atoms with Crippen molar-refractivity contribution in [1.29, 1.82) is 0 Å². The number of hydrogen-bond donors (Lipinski definition) is 0. The van der Waals surface area contributed by atoms with E-state index >= 15 is 0 Å². The molecule has 6 nitrogen and oxygen atoms in total. The van der Waals surface area contributed by atoms with Crippen molar-refractivity contribution in [1.82, 2.24) is 14.9 Å². The molecule has 1 aliphatic heterocycles. The number of hydrogen-bond acceptors (Lipinski definition) is 5. The highest BCUT2D eigenvalue weighted by atomic mass is 16.5. The van der Waals surface area contributed by atoms with Gasteiger partial charge in [-0.25, -0.2) is 4.98 Å². The molecule has 3 heterocycles. The summed E-state index contributed by atoms with van der Waals surface area (Å²) in [5, 5.41) is 0. The normalized spacial score (nSPS) is 23.2. The van der Waals surface area contributed by atoms with E-state index in [-0.39, 0.29) is 17.7 Å². The largest absolute Gasteiger partial charge is 0.448 e. The summed E-state index contributed by atoms with van der Waals surface area (Å²) in [5.74, 6) is 1.74. The highest BCUT2D eigenvalue weighted by molar-refractivity contribution is 5.92. The first-order valence-electron chi connectivity index (χ1n) is 8.90. The molecule has 2 atom stereocenters. The SMILES string of the molecule is Cc1nc(C(=O)N2C[C@@H](COCC3CC3)[C@H](c3ccncc3)C2)co1. The van der Waals surface area contributed by atoms with Crippen LogP contribution in [-0.2, 0) is 4.74 Å². The Kier molecular flexibility index (Phi) is 4.53. The first kappa shape index (κ1) is 16.3. The summed E-state index contributed by atoms with van der Waals surface area (Å²) in [5.41, 5.74) is 1.59. The van der Waals surface area contributed by atoms with Gasteiger partial charge in [0.05, 0.1) is 6.61 Å². The van der Waals surface area contributed by atoms with Gasteiger partial charge in [-0.1, -0.05) is 0 Å². The van der Waals surface area contributed by atoms with Crippen LogP contribution in [0.15, 0.2) is 35.2 Å². The molecule has 25 heavy (non-hydrogen) atoms. The molecule has 6 heteroatoms. The van der Waals surface area contributed by atoms with Crippen LogP contribution < -0.4 is 0 Å². The summed E-state index contributed by atoms with van der Waals surface area (Å²) in [6, 6.07) is 4.07. The van der Waals surface area contributed by atoms with Gasteiger partial charge in [-0.3, -0.25) is 9.78 Å². The van der Waals surface area contributed by atoms with Gasteiger partial charge in [0.2, 0.25) is 0 Å². The molecule has 2 aromatic rings. The van der Waals surface area contributed by atoms with Crippen LogP contribution in [-0.4, -0.2) is 47.1 Å². The molecule has 1 aliphatic carbocycles. The van der Waals surface area contributed by atoms with Gasteiger partial charge in [-0.05, 0) is 36.5 Å². The molecule has 132 valence electrons. The number of ether oxygens (including phenoxy) is 1. The van der Waals surface area contributed by atoms with Gasteiger partial charge in [0.15, 0.2) is 11.6 Å². The maximum Gasteiger partial charge on any atom is 0.275 e. The Labute approximate surface area is 147 Å². The first-order valence-corrected chi connectivity index (χ1v) is 8.90. The number of nitrogens with zero attached hydrogens (tertiary/aromatic N) is 3. The molecule has 2 aromatic heterocycles. The fourth-order valence-corrected chi connectivity index (χ4v) is 3.49. The number of likely N-dealkylation sites (tertiary alicyclic amines) is 1. The molecule has 0 bridgehead atoms. The van der Waals surface area contributed by atoms with Gasteiger partial charge in [-0.2, -0.15) is 0 Å². The standard InChI is InChI=1S/C19H23N3O3/c1-13-21-18(12-25-13)19(23)22-8-16(11-24-10-14-2-3-14)17(9-22)15-4-6-20-7-5-15/h4-7,12,14,16-17H,2-3,8-11H2,1H3/t16-,17-/m0/s1. The average Bonchev–Trinajstić information content (AvgIpc) is 3.19. The Hall–Kier alpha value is -2.21. The Morgan fingerprint density at radius 3 is 2.76 bits per heavy atom.